The monoisotopic (exact) mass is 289 g/mol. The number of hydrogen-bond acceptors (Lipinski definition) is 4. The highest BCUT2D eigenvalue weighted by molar-refractivity contribution is 5.90. The molecule has 112 valence electrons. The zero-order valence-corrected chi connectivity index (χ0v) is 12.2. The second kappa shape index (κ2) is 6.92. The average molecular weight is 289 g/mol. The van der Waals surface area contributed by atoms with Gasteiger partial charge in [0, 0.05) is 17.7 Å². The smallest absolute Gasteiger partial charge is 0.410 e. The molecule has 1 aromatic carbocycles. The number of alkyl carbamates (subject to hydrolysis) is 1. The normalized spacial score (nSPS) is 18.7. The summed E-state index contributed by atoms with van der Waals surface area (Å²) < 4.78 is 9.92. The summed E-state index contributed by atoms with van der Waals surface area (Å²) in [6, 6.07) is 9.89. The Hall–Kier alpha value is -2.30. The summed E-state index contributed by atoms with van der Waals surface area (Å²) in [6.45, 7) is 3.61. The summed E-state index contributed by atoms with van der Waals surface area (Å²) >= 11 is 0. The highest BCUT2D eigenvalue weighted by Gasteiger charge is 2.26. The van der Waals surface area contributed by atoms with Crippen LogP contribution in [0.15, 0.2) is 42.0 Å². The Balaban J connectivity index is 1.84. The molecule has 1 aliphatic rings. The van der Waals surface area contributed by atoms with Crippen molar-refractivity contribution in [1.82, 2.24) is 5.32 Å². The van der Waals surface area contributed by atoms with Gasteiger partial charge in [0.15, 0.2) is 0 Å². The lowest BCUT2D eigenvalue weighted by atomic mass is 10.0. The van der Waals surface area contributed by atoms with E-state index in [1.54, 1.807) is 6.92 Å². The molecule has 21 heavy (non-hydrogen) atoms. The van der Waals surface area contributed by atoms with Crippen molar-refractivity contribution in [3.05, 3.63) is 47.5 Å². The van der Waals surface area contributed by atoms with Crippen LogP contribution in [0.4, 0.5) is 4.79 Å². The van der Waals surface area contributed by atoms with Gasteiger partial charge in [-0.15, -0.1) is 0 Å². The average Bonchev–Trinajstić information content (AvgIpc) is 2.77. The zero-order chi connectivity index (χ0) is 15.2. The number of rotatable bonds is 5. The Morgan fingerprint density at radius 2 is 2.10 bits per heavy atom. The highest BCUT2D eigenvalue weighted by atomic mass is 16.7. The first-order valence-electron chi connectivity index (χ1n) is 6.99. The number of nitrogens with one attached hydrogen (secondary N) is 1. The number of cyclic esters (lactones) is 1. The summed E-state index contributed by atoms with van der Waals surface area (Å²) in [6.07, 6.45) is 1.49. The molecule has 2 rings (SSSR count). The van der Waals surface area contributed by atoms with Crippen LogP contribution in [0.1, 0.15) is 25.8 Å². The van der Waals surface area contributed by atoms with Gasteiger partial charge >= 0.3 is 12.1 Å². The molecular formula is C16H19NO4. The predicted octanol–water partition coefficient (Wildman–Crippen LogP) is 2.56. The molecule has 0 radical (unpaired) electrons. The lowest BCUT2D eigenvalue weighted by Crippen LogP contribution is -2.38. The fraction of sp³-hybridized carbons (Fsp3) is 0.375. The van der Waals surface area contributed by atoms with E-state index in [2.05, 4.69) is 5.32 Å². The van der Waals surface area contributed by atoms with Crippen molar-refractivity contribution in [2.75, 3.05) is 0 Å². The SMILES string of the molecule is CC[C@H](Cc1ccccc1)NC(=O)OC1C=C(C)C(=O)O1. The third-order valence-electron chi connectivity index (χ3n) is 3.29. The molecule has 0 saturated carbocycles. The van der Waals surface area contributed by atoms with Crippen molar-refractivity contribution in [2.24, 2.45) is 0 Å². The second-order valence-electron chi connectivity index (χ2n) is 4.97. The lowest BCUT2D eigenvalue weighted by molar-refractivity contribution is -0.151. The minimum Gasteiger partial charge on any atom is -0.418 e. The maximum atomic E-state index is 11.8. The van der Waals surface area contributed by atoms with Gasteiger partial charge in [-0.25, -0.2) is 9.59 Å². The van der Waals surface area contributed by atoms with E-state index in [1.807, 2.05) is 37.3 Å². The molecule has 1 unspecified atom stereocenters. The Kier molecular flexibility index (Phi) is 4.98. The topological polar surface area (TPSA) is 64.6 Å². The summed E-state index contributed by atoms with van der Waals surface area (Å²) in [5.41, 5.74) is 1.59. The van der Waals surface area contributed by atoms with Gasteiger partial charge in [-0.2, -0.15) is 0 Å². The van der Waals surface area contributed by atoms with E-state index in [0.29, 0.717) is 5.57 Å². The lowest BCUT2D eigenvalue weighted by Gasteiger charge is -2.18. The minimum absolute atomic E-state index is 0.0259. The van der Waals surface area contributed by atoms with Crippen LogP contribution in [0.2, 0.25) is 0 Å². The molecule has 0 aliphatic carbocycles. The molecule has 0 bridgehead atoms. The molecule has 5 nitrogen and oxygen atoms in total. The Morgan fingerprint density at radius 1 is 1.38 bits per heavy atom. The molecule has 1 aliphatic heterocycles. The number of carbonyl (C=O) groups is 2. The van der Waals surface area contributed by atoms with Crippen molar-refractivity contribution in [2.45, 2.75) is 39.0 Å². The Labute approximate surface area is 123 Å². The molecule has 1 N–H and O–H groups in total. The van der Waals surface area contributed by atoms with Gasteiger partial charge in [0.2, 0.25) is 0 Å². The van der Waals surface area contributed by atoms with E-state index in [-0.39, 0.29) is 6.04 Å². The van der Waals surface area contributed by atoms with Crippen LogP contribution in [0, 0.1) is 0 Å². The van der Waals surface area contributed by atoms with Gasteiger partial charge in [0.1, 0.15) is 0 Å². The van der Waals surface area contributed by atoms with E-state index < -0.39 is 18.4 Å². The number of amides is 1. The quantitative estimate of drug-likeness (QED) is 0.846. The molecular weight excluding hydrogens is 270 g/mol. The van der Waals surface area contributed by atoms with Crippen LogP contribution >= 0.6 is 0 Å². The van der Waals surface area contributed by atoms with Gasteiger partial charge in [-0.3, -0.25) is 0 Å². The summed E-state index contributed by atoms with van der Waals surface area (Å²) in [5.74, 6) is -0.455. The molecule has 1 amide bonds. The van der Waals surface area contributed by atoms with Crippen LogP contribution in [0.25, 0.3) is 0 Å². The second-order valence-corrected chi connectivity index (χ2v) is 4.97. The summed E-state index contributed by atoms with van der Waals surface area (Å²) in [5, 5.41) is 2.79. The van der Waals surface area contributed by atoms with Crippen molar-refractivity contribution >= 4 is 12.1 Å². The minimum atomic E-state index is -0.924. The first-order valence-corrected chi connectivity index (χ1v) is 6.99. The number of ether oxygens (including phenoxy) is 2. The zero-order valence-electron chi connectivity index (χ0n) is 12.2. The highest BCUT2D eigenvalue weighted by Crippen LogP contribution is 2.14. The van der Waals surface area contributed by atoms with Gasteiger partial charge < -0.3 is 14.8 Å². The van der Waals surface area contributed by atoms with Crippen LogP contribution in [-0.2, 0) is 20.7 Å². The van der Waals surface area contributed by atoms with Crippen LogP contribution in [0.5, 0.6) is 0 Å². The van der Waals surface area contributed by atoms with Gasteiger partial charge in [-0.1, -0.05) is 37.3 Å². The largest absolute Gasteiger partial charge is 0.418 e. The third-order valence-corrected chi connectivity index (χ3v) is 3.29. The number of benzene rings is 1. The first kappa shape index (κ1) is 15.1. The molecule has 0 spiro atoms. The van der Waals surface area contributed by atoms with E-state index in [1.165, 1.54) is 6.08 Å². The number of carbonyl (C=O) groups excluding carboxylic acids is 2. The molecule has 0 fully saturated rings. The number of hydrogen-bond donors (Lipinski definition) is 1. The van der Waals surface area contributed by atoms with E-state index in [0.717, 1.165) is 18.4 Å². The van der Waals surface area contributed by atoms with Crippen LogP contribution in [0.3, 0.4) is 0 Å². The summed E-state index contributed by atoms with van der Waals surface area (Å²) in [4.78, 5) is 23.0. The van der Waals surface area contributed by atoms with Crippen molar-refractivity contribution in [3.8, 4) is 0 Å². The molecule has 2 atom stereocenters. The van der Waals surface area contributed by atoms with Crippen molar-refractivity contribution < 1.29 is 19.1 Å². The number of esters is 1. The van der Waals surface area contributed by atoms with E-state index in [4.69, 9.17) is 9.47 Å². The maximum Gasteiger partial charge on any atom is 0.410 e. The Bertz CT molecular complexity index is 538. The molecule has 0 aromatic heterocycles. The van der Waals surface area contributed by atoms with Crippen molar-refractivity contribution in [3.63, 3.8) is 0 Å². The first-order chi connectivity index (χ1) is 10.1. The standard InChI is InChI=1S/C16H19NO4/c1-3-13(10-12-7-5-4-6-8-12)17-16(19)21-14-9-11(2)15(18)20-14/h4-9,13-14H,3,10H2,1-2H3,(H,17,19)/t13-,14?/m1/s1. The predicted molar refractivity (Wildman–Crippen MR) is 77.5 cm³/mol. The van der Waals surface area contributed by atoms with E-state index in [9.17, 15) is 9.59 Å². The van der Waals surface area contributed by atoms with E-state index >= 15 is 0 Å². The molecule has 1 aromatic rings. The third kappa shape index (κ3) is 4.34. The maximum absolute atomic E-state index is 11.8. The summed E-state index contributed by atoms with van der Waals surface area (Å²) in [7, 11) is 0. The van der Waals surface area contributed by atoms with Gasteiger partial charge in [0.25, 0.3) is 6.29 Å². The van der Waals surface area contributed by atoms with Gasteiger partial charge in [-0.05, 0) is 25.3 Å². The molecule has 5 heteroatoms. The molecule has 1 heterocycles. The fourth-order valence-corrected chi connectivity index (χ4v) is 2.06. The Morgan fingerprint density at radius 3 is 2.67 bits per heavy atom. The fourth-order valence-electron chi connectivity index (χ4n) is 2.06. The van der Waals surface area contributed by atoms with Crippen LogP contribution < -0.4 is 5.32 Å². The van der Waals surface area contributed by atoms with Crippen molar-refractivity contribution in [1.29, 1.82) is 0 Å². The molecule has 0 saturated heterocycles. The van der Waals surface area contributed by atoms with Gasteiger partial charge in [0.05, 0.1) is 0 Å². The van der Waals surface area contributed by atoms with Crippen LogP contribution in [-0.4, -0.2) is 24.4 Å².